The molecule has 4 atom stereocenters. The van der Waals surface area contributed by atoms with Crippen molar-refractivity contribution in [1.29, 1.82) is 0 Å². The molecule has 10 nitrogen and oxygen atoms in total. The number of aryl methyl sites for hydroxylation is 1. The van der Waals surface area contributed by atoms with Crippen LogP contribution in [0.5, 0.6) is 0 Å². The topological polar surface area (TPSA) is 177 Å². The highest BCUT2D eigenvalue weighted by molar-refractivity contribution is 5.95. The van der Waals surface area contributed by atoms with Gasteiger partial charge in [0.2, 0.25) is 23.6 Å². The van der Waals surface area contributed by atoms with Crippen molar-refractivity contribution in [3.8, 4) is 0 Å². The van der Waals surface area contributed by atoms with Crippen LogP contribution in [0.3, 0.4) is 0 Å². The Kier molecular flexibility index (Phi) is 13.8. The van der Waals surface area contributed by atoms with Gasteiger partial charge in [0.1, 0.15) is 18.1 Å². The van der Waals surface area contributed by atoms with Crippen LogP contribution in [0.4, 0.5) is 0 Å². The minimum Gasteiger partial charge on any atom is -0.394 e. The largest absolute Gasteiger partial charge is 0.394 e. The Labute approximate surface area is 236 Å². The molecular formula is C30H43N5O5. The van der Waals surface area contributed by atoms with Crippen LogP contribution in [-0.2, 0) is 32.0 Å². The molecule has 0 unspecified atom stereocenters. The van der Waals surface area contributed by atoms with Crippen molar-refractivity contribution in [2.45, 2.75) is 76.5 Å². The van der Waals surface area contributed by atoms with E-state index < -0.39 is 48.9 Å². The zero-order valence-electron chi connectivity index (χ0n) is 23.3. The number of amides is 4. The summed E-state index contributed by atoms with van der Waals surface area (Å²) in [5.74, 6) is -3.02. The molecule has 0 radical (unpaired) electrons. The Morgan fingerprint density at radius 2 is 1.40 bits per heavy atom. The number of unbranched alkanes of at least 4 members (excludes halogenated alkanes) is 1. The summed E-state index contributed by atoms with van der Waals surface area (Å²) in [6.45, 7) is 2.95. The van der Waals surface area contributed by atoms with E-state index in [1.165, 1.54) is 5.56 Å². The maximum absolute atomic E-state index is 13.4. The maximum Gasteiger partial charge on any atom is 0.243 e. The number of carbonyl (C=O) groups is 4. The number of primary amides is 1. The fraction of sp³-hybridized carbons (Fsp3) is 0.467. The van der Waals surface area contributed by atoms with Crippen LogP contribution >= 0.6 is 0 Å². The summed E-state index contributed by atoms with van der Waals surface area (Å²) in [5.41, 5.74) is 13.1. The van der Waals surface area contributed by atoms with E-state index in [0.717, 1.165) is 31.2 Å². The highest BCUT2D eigenvalue weighted by atomic mass is 16.3. The predicted molar refractivity (Wildman–Crippen MR) is 154 cm³/mol. The lowest BCUT2D eigenvalue weighted by Gasteiger charge is -2.28. The average Bonchev–Trinajstić information content (AvgIpc) is 2.93. The zero-order chi connectivity index (χ0) is 29.5. The van der Waals surface area contributed by atoms with E-state index in [0.29, 0.717) is 6.42 Å². The number of nitrogens with one attached hydrogen (secondary N) is 3. The van der Waals surface area contributed by atoms with Crippen LogP contribution in [0, 0.1) is 5.92 Å². The summed E-state index contributed by atoms with van der Waals surface area (Å²) in [6, 6.07) is 16.4. The molecule has 4 amide bonds. The summed E-state index contributed by atoms with van der Waals surface area (Å²) >= 11 is 0. The summed E-state index contributed by atoms with van der Waals surface area (Å²) in [4.78, 5) is 50.2. The van der Waals surface area contributed by atoms with Gasteiger partial charge >= 0.3 is 0 Å². The Morgan fingerprint density at radius 3 is 1.95 bits per heavy atom. The maximum atomic E-state index is 13.4. The Morgan fingerprint density at radius 1 is 0.800 bits per heavy atom. The van der Waals surface area contributed by atoms with Gasteiger partial charge < -0.3 is 32.5 Å². The van der Waals surface area contributed by atoms with Gasteiger partial charge in [-0.15, -0.1) is 0 Å². The number of hydrogen-bond donors (Lipinski definition) is 6. The second-order valence-electron chi connectivity index (χ2n) is 10.4. The third kappa shape index (κ3) is 11.5. The first-order valence-corrected chi connectivity index (χ1v) is 13.7. The molecule has 0 aliphatic heterocycles. The summed E-state index contributed by atoms with van der Waals surface area (Å²) in [6.07, 6.45) is 3.73. The molecule has 0 aliphatic carbocycles. The molecule has 0 heterocycles. The molecule has 2 aromatic rings. The molecule has 40 heavy (non-hydrogen) atoms. The van der Waals surface area contributed by atoms with Crippen LogP contribution in [-0.4, -0.2) is 59.5 Å². The molecule has 0 spiro atoms. The lowest BCUT2D eigenvalue weighted by Crippen LogP contribution is -2.58. The average molecular weight is 554 g/mol. The molecule has 0 fully saturated rings. The van der Waals surface area contributed by atoms with Gasteiger partial charge in [0.05, 0.1) is 13.0 Å². The van der Waals surface area contributed by atoms with E-state index in [1.54, 1.807) is 13.8 Å². The normalized spacial score (nSPS) is 14.0. The molecule has 0 saturated heterocycles. The molecule has 2 aromatic carbocycles. The first-order valence-electron chi connectivity index (χ1n) is 13.7. The van der Waals surface area contributed by atoms with Gasteiger partial charge in [0.25, 0.3) is 0 Å². The van der Waals surface area contributed by atoms with Crippen LogP contribution in [0.25, 0.3) is 0 Å². The zero-order valence-corrected chi connectivity index (χ0v) is 23.3. The molecular weight excluding hydrogens is 510 g/mol. The van der Waals surface area contributed by atoms with E-state index in [1.807, 2.05) is 48.5 Å². The molecule has 218 valence electrons. The van der Waals surface area contributed by atoms with Crippen LogP contribution in [0.2, 0.25) is 0 Å². The highest BCUT2D eigenvalue weighted by Crippen LogP contribution is 2.13. The van der Waals surface area contributed by atoms with Crippen LogP contribution in [0.15, 0.2) is 60.7 Å². The van der Waals surface area contributed by atoms with Gasteiger partial charge in [-0.3, -0.25) is 19.2 Å². The molecule has 8 N–H and O–H groups in total. The number of hydrogen-bond acceptors (Lipinski definition) is 6. The third-order valence-corrected chi connectivity index (χ3v) is 6.60. The van der Waals surface area contributed by atoms with Crippen molar-refractivity contribution in [3.05, 3.63) is 71.8 Å². The third-order valence-electron chi connectivity index (χ3n) is 6.60. The lowest BCUT2D eigenvalue weighted by molar-refractivity contribution is -0.134. The predicted octanol–water partition coefficient (Wildman–Crippen LogP) is 0.948. The Balaban J connectivity index is 2.09. The standard InChI is InChI=1S/C30H43N5O5/c1-20(2)27(35-29(39)25(18-26(32)37)34-28(38)24(31)19-36)30(40)33-23(17-22-14-7-4-8-15-22)16-10-9-13-21-11-5-3-6-12-21/h3-8,11-12,14-15,20,23-25,27,36H,9-10,13,16-19,31H2,1-2H3,(H2,32,37)(H,33,40)(H,34,38)(H,35,39)/t23-,24+,25+,27+/m1/s1. The number of nitrogens with two attached hydrogens (primary N) is 2. The smallest absolute Gasteiger partial charge is 0.243 e. The summed E-state index contributed by atoms with van der Waals surface area (Å²) in [7, 11) is 0. The number of rotatable bonds is 17. The molecule has 10 heteroatoms. The number of aliphatic hydroxyl groups is 1. The quantitative estimate of drug-likeness (QED) is 0.159. The Hall–Kier alpha value is -3.76. The van der Waals surface area contributed by atoms with E-state index in [4.69, 9.17) is 16.6 Å². The van der Waals surface area contributed by atoms with E-state index >= 15 is 0 Å². The fourth-order valence-corrected chi connectivity index (χ4v) is 4.34. The van der Waals surface area contributed by atoms with Crippen molar-refractivity contribution < 1.29 is 24.3 Å². The molecule has 0 saturated carbocycles. The van der Waals surface area contributed by atoms with Gasteiger partial charge in [-0.05, 0) is 42.7 Å². The molecule has 0 aromatic heterocycles. The van der Waals surface area contributed by atoms with Crippen molar-refractivity contribution in [2.24, 2.45) is 17.4 Å². The van der Waals surface area contributed by atoms with Crippen molar-refractivity contribution in [3.63, 3.8) is 0 Å². The molecule has 2 rings (SSSR count). The highest BCUT2D eigenvalue weighted by Gasteiger charge is 2.31. The fourth-order valence-electron chi connectivity index (χ4n) is 4.34. The minimum atomic E-state index is -1.34. The second kappa shape index (κ2) is 17.0. The first-order chi connectivity index (χ1) is 19.1. The van der Waals surface area contributed by atoms with Gasteiger partial charge in [-0.25, -0.2) is 0 Å². The monoisotopic (exact) mass is 553 g/mol. The number of carbonyl (C=O) groups excluding carboxylic acids is 4. The number of aliphatic hydroxyl groups excluding tert-OH is 1. The van der Waals surface area contributed by atoms with E-state index in [2.05, 4.69) is 28.1 Å². The van der Waals surface area contributed by atoms with Crippen molar-refractivity contribution >= 4 is 23.6 Å². The first kappa shape index (κ1) is 32.5. The Bertz CT molecular complexity index is 1080. The van der Waals surface area contributed by atoms with Gasteiger partial charge in [0.15, 0.2) is 0 Å². The van der Waals surface area contributed by atoms with Gasteiger partial charge in [-0.1, -0.05) is 80.9 Å². The van der Waals surface area contributed by atoms with Crippen LogP contribution in [0.1, 0.15) is 50.7 Å². The van der Waals surface area contributed by atoms with Gasteiger partial charge in [0, 0.05) is 6.04 Å². The lowest BCUT2D eigenvalue weighted by atomic mass is 9.97. The SMILES string of the molecule is CC(C)[C@H](NC(=O)[C@H](CC(N)=O)NC(=O)[C@@H](N)CO)C(=O)N[C@H](CCCCc1ccccc1)Cc1ccccc1. The van der Waals surface area contributed by atoms with Crippen molar-refractivity contribution in [2.75, 3.05) is 6.61 Å². The van der Waals surface area contributed by atoms with Crippen molar-refractivity contribution in [1.82, 2.24) is 16.0 Å². The van der Waals surface area contributed by atoms with E-state index in [9.17, 15) is 19.2 Å². The summed E-state index contributed by atoms with van der Waals surface area (Å²) in [5, 5.41) is 17.2. The second-order valence-corrected chi connectivity index (χ2v) is 10.4. The van der Waals surface area contributed by atoms with E-state index in [-0.39, 0.29) is 17.9 Å². The number of benzene rings is 2. The molecule has 0 bridgehead atoms. The van der Waals surface area contributed by atoms with Crippen LogP contribution < -0.4 is 27.4 Å². The van der Waals surface area contributed by atoms with Gasteiger partial charge in [-0.2, -0.15) is 0 Å². The summed E-state index contributed by atoms with van der Waals surface area (Å²) < 4.78 is 0. The molecule has 0 aliphatic rings. The minimum absolute atomic E-state index is 0.160.